The van der Waals surface area contributed by atoms with E-state index >= 15 is 0 Å². The smallest absolute Gasteiger partial charge is 0.261 e. The molecule has 22 heavy (non-hydrogen) atoms. The Labute approximate surface area is 129 Å². The minimum Gasteiger partial charge on any atom is -0.348 e. The molecule has 1 aliphatic carbocycles. The van der Waals surface area contributed by atoms with Crippen molar-refractivity contribution in [3.63, 3.8) is 0 Å². The van der Waals surface area contributed by atoms with Crippen LogP contribution in [0.15, 0.2) is 41.2 Å². The second-order valence-electron chi connectivity index (χ2n) is 6.03. The number of carbonyl (C=O) groups is 1. The molecule has 0 spiro atoms. The van der Waals surface area contributed by atoms with E-state index in [2.05, 4.69) is 17.2 Å². The van der Waals surface area contributed by atoms with Crippen LogP contribution < -0.4 is 10.9 Å². The van der Waals surface area contributed by atoms with Crippen molar-refractivity contribution in [2.75, 3.05) is 0 Å². The van der Waals surface area contributed by atoms with E-state index in [1.165, 1.54) is 0 Å². The SMILES string of the molecule is C[C@H]1CCc2[nH]c(=O)c(C(=O)NCc3ccccc3)cc2C1. The number of amides is 1. The molecule has 0 bridgehead atoms. The summed E-state index contributed by atoms with van der Waals surface area (Å²) in [5.74, 6) is 0.282. The Morgan fingerprint density at radius 1 is 1.32 bits per heavy atom. The number of H-pyrrole nitrogens is 1. The molecule has 3 rings (SSSR count). The van der Waals surface area contributed by atoms with Gasteiger partial charge in [0.2, 0.25) is 0 Å². The Morgan fingerprint density at radius 2 is 2.09 bits per heavy atom. The van der Waals surface area contributed by atoms with Gasteiger partial charge in [0.25, 0.3) is 11.5 Å². The largest absolute Gasteiger partial charge is 0.348 e. The molecule has 2 aromatic rings. The Morgan fingerprint density at radius 3 is 2.86 bits per heavy atom. The second kappa shape index (κ2) is 6.18. The van der Waals surface area contributed by atoms with Gasteiger partial charge in [0.1, 0.15) is 5.56 Å². The summed E-state index contributed by atoms with van der Waals surface area (Å²) in [4.78, 5) is 27.3. The molecule has 4 nitrogen and oxygen atoms in total. The lowest BCUT2D eigenvalue weighted by Crippen LogP contribution is -2.31. The number of fused-ring (bicyclic) bond motifs is 1. The van der Waals surface area contributed by atoms with Crippen LogP contribution in [-0.2, 0) is 19.4 Å². The lowest BCUT2D eigenvalue weighted by Gasteiger charge is -2.21. The lowest BCUT2D eigenvalue weighted by molar-refractivity contribution is 0.0949. The third-order valence-electron chi connectivity index (χ3n) is 4.21. The molecule has 0 unspecified atom stereocenters. The Hall–Kier alpha value is -2.36. The van der Waals surface area contributed by atoms with Crippen LogP contribution in [0.1, 0.15) is 40.5 Å². The van der Waals surface area contributed by atoms with Crippen molar-refractivity contribution in [1.82, 2.24) is 10.3 Å². The van der Waals surface area contributed by atoms with E-state index in [0.717, 1.165) is 36.1 Å². The first-order valence-electron chi connectivity index (χ1n) is 7.70. The summed E-state index contributed by atoms with van der Waals surface area (Å²) in [5, 5.41) is 2.82. The highest BCUT2D eigenvalue weighted by Gasteiger charge is 2.19. The van der Waals surface area contributed by atoms with Gasteiger partial charge >= 0.3 is 0 Å². The normalized spacial score (nSPS) is 16.9. The summed E-state index contributed by atoms with van der Waals surface area (Å²) in [6.45, 7) is 2.62. The van der Waals surface area contributed by atoms with Crippen LogP contribution >= 0.6 is 0 Å². The average molecular weight is 296 g/mol. The zero-order valence-corrected chi connectivity index (χ0v) is 12.7. The van der Waals surface area contributed by atoms with E-state index in [-0.39, 0.29) is 17.0 Å². The number of benzene rings is 1. The van der Waals surface area contributed by atoms with E-state index in [1.54, 1.807) is 6.07 Å². The zero-order chi connectivity index (χ0) is 15.5. The third-order valence-corrected chi connectivity index (χ3v) is 4.21. The van der Waals surface area contributed by atoms with Crippen molar-refractivity contribution < 1.29 is 4.79 Å². The first kappa shape index (κ1) is 14.6. The van der Waals surface area contributed by atoms with Gasteiger partial charge in [-0.25, -0.2) is 0 Å². The monoisotopic (exact) mass is 296 g/mol. The van der Waals surface area contributed by atoms with Gasteiger partial charge in [-0.2, -0.15) is 0 Å². The number of rotatable bonds is 3. The van der Waals surface area contributed by atoms with Crippen LogP contribution in [0, 0.1) is 5.92 Å². The van der Waals surface area contributed by atoms with Gasteiger partial charge in [0.15, 0.2) is 0 Å². The minimum atomic E-state index is -0.314. The molecule has 1 aliphatic rings. The predicted octanol–water partition coefficient (Wildman–Crippen LogP) is 2.43. The summed E-state index contributed by atoms with van der Waals surface area (Å²) in [6.07, 6.45) is 2.89. The van der Waals surface area contributed by atoms with Crippen LogP contribution in [0.5, 0.6) is 0 Å². The number of aromatic nitrogens is 1. The molecule has 1 aromatic heterocycles. The highest BCUT2D eigenvalue weighted by Crippen LogP contribution is 2.23. The Bertz CT molecular complexity index is 734. The van der Waals surface area contributed by atoms with E-state index in [0.29, 0.717) is 12.5 Å². The molecular formula is C18H20N2O2. The number of hydrogen-bond acceptors (Lipinski definition) is 2. The molecule has 0 saturated heterocycles. The molecule has 0 saturated carbocycles. The van der Waals surface area contributed by atoms with Crippen molar-refractivity contribution in [2.45, 2.75) is 32.7 Å². The standard InChI is InChI=1S/C18H20N2O2/c1-12-7-8-16-14(9-12)10-15(18(22)20-16)17(21)19-11-13-5-3-2-4-6-13/h2-6,10,12H,7-9,11H2,1H3,(H,19,21)(H,20,22)/t12-/m0/s1. The predicted molar refractivity (Wildman–Crippen MR) is 85.9 cm³/mol. The van der Waals surface area contributed by atoms with E-state index in [4.69, 9.17) is 0 Å². The first-order chi connectivity index (χ1) is 10.6. The molecule has 1 aromatic carbocycles. The highest BCUT2D eigenvalue weighted by atomic mass is 16.2. The highest BCUT2D eigenvalue weighted by molar-refractivity contribution is 5.94. The van der Waals surface area contributed by atoms with Gasteiger partial charge in [-0.1, -0.05) is 37.3 Å². The average Bonchev–Trinajstić information content (AvgIpc) is 2.53. The van der Waals surface area contributed by atoms with Crippen LogP contribution in [0.2, 0.25) is 0 Å². The van der Waals surface area contributed by atoms with Gasteiger partial charge in [0, 0.05) is 12.2 Å². The maximum Gasteiger partial charge on any atom is 0.261 e. The molecule has 2 N–H and O–H groups in total. The molecule has 114 valence electrons. The quantitative estimate of drug-likeness (QED) is 0.914. The molecule has 0 fully saturated rings. The second-order valence-corrected chi connectivity index (χ2v) is 6.03. The maximum absolute atomic E-state index is 12.3. The van der Waals surface area contributed by atoms with Crippen LogP contribution in [0.25, 0.3) is 0 Å². The fraction of sp³-hybridized carbons (Fsp3) is 0.333. The minimum absolute atomic E-state index is 0.212. The first-order valence-corrected chi connectivity index (χ1v) is 7.70. The molecule has 4 heteroatoms. The van der Waals surface area contributed by atoms with E-state index < -0.39 is 0 Å². The summed E-state index contributed by atoms with van der Waals surface area (Å²) in [6, 6.07) is 11.4. The van der Waals surface area contributed by atoms with E-state index in [9.17, 15) is 9.59 Å². The van der Waals surface area contributed by atoms with Gasteiger partial charge in [0.05, 0.1) is 0 Å². The molecule has 1 atom stereocenters. The molecule has 1 heterocycles. The fourth-order valence-electron chi connectivity index (χ4n) is 2.93. The molecular weight excluding hydrogens is 276 g/mol. The number of aromatic amines is 1. The molecule has 1 amide bonds. The van der Waals surface area contributed by atoms with Gasteiger partial charge in [-0.15, -0.1) is 0 Å². The van der Waals surface area contributed by atoms with Crippen LogP contribution in [0.3, 0.4) is 0 Å². The number of hydrogen-bond donors (Lipinski definition) is 2. The topological polar surface area (TPSA) is 62.0 Å². The molecule has 0 aliphatic heterocycles. The number of aryl methyl sites for hydroxylation is 1. The lowest BCUT2D eigenvalue weighted by atomic mass is 9.87. The zero-order valence-electron chi connectivity index (χ0n) is 12.7. The Kier molecular flexibility index (Phi) is 4.09. The van der Waals surface area contributed by atoms with Gasteiger partial charge in [-0.05, 0) is 42.4 Å². The van der Waals surface area contributed by atoms with Crippen LogP contribution in [0.4, 0.5) is 0 Å². The van der Waals surface area contributed by atoms with Crippen molar-refractivity contribution in [3.8, 4) is 0 Å². The van der Waals surface area contributed by atoms with Crippen molar-refractivity contribution in [1.29, 1.82) is 0 Å². The summed E-state index contributed by atoms with van der Waals surface area (Å²) >= 11 is 0. The Balaban J connectivity index is 1.78. The maximum atomic E-state index is 12.3. The van der Waals surface area contributed by atoms with E-state index in [1.807, 2.05) is 30.3 Å². The third kappa shape index (κ3) is 3.11. The number of nitrogens with one attached hydrogen (secondary N) is 2. The van der Waals surface area contributed by atoms with Crippen molar-refractivity contribution >= 4 is 5.91 Å². The fourth-order valence-corrected chi connectivity index (χ4v) is 2.93. The van der Waals surface area contributed by atoms with Gasteiger partial charge in [-0.3, -0.25) is 9.59 Å². The van der Waals surface area contributed by atoms with Crippen LogP contribution in [-0.4, -0.2) is 10.9 Å². The number of pyridine rings is 1. The van der Waals surface area contributed by atoms with Gasteiger partial charge < -0.3 is 10.3 Å². The van der Waals surface area contributed by atoms with Crippen molar-refractivity contribution in [2.24, 2.45) is 5.92 Å². The summed E-state index contributed by atoms with van der Waals surface area (Å²) in [7, 11) is 0. The summed E-state index contributed by atoms with van der Waals surface area (Å²) in [5.41, 5.74) is 3.02. The number of carbonyl (C=O) groups excluding carboxylic acids is 1. The molecule has 0 radical (unpaired) electrons. The summed E-state index contributed by atoms with van der Waals surface area (Å²) < 4.78 is 0. The van der Waals surface area contributed by atoms with Crippen molar-refractivity contribution in [3.05, 3.63) is 69.1 Å².